The van der Waals surface area contributed by atoms with Crippen LogP contribution in [-0.4, -0.2) is 11.2 Å². The SMILES string of the molecule is CCC(C)C(C)=C(C)C(C(C)O)C(C)C(C)C(C)CC. The monoisotopic (exact) mass is 282 g/mol. The number of aliphatic hydroxyl groups is 1. The summed E-state index contributed by atoms with van der Waals surface area (Å²) < 4.78 is 0. The molecule has 0 fully saturated rings. The Balaban J connectivity index is 5.35. The van der Waals surface area contributed by atoms with Crippen LogP contribution in [0, 0.1) is 29.6 Å². The zero-order valence-corrected chi connectivity index (χ0v) is 15.3. The Labute approximate surface area is 127 Å². The Kier molecular flexibility index (Phi) is 8.74. The highest BCUT2D eigenvalue weighted by molar-refractivity contribution is 5.17. The van der Waals surface area contributed by atoms with Crippen molar-refractivity contribution in [3.63, 3.8) is 0 Å². The molecule has 0 radical (unpaired) electrons. The van der Waals surface area contributed by atoms with Crippen molar-refractivity contribution in [3.8, 4) is 0 Å². The number of rotatable bonds is 8. The van der Waals surface area contributed by atoms with Gasteiger partial charge in [-0.15, -0.1) is 0 Å². The molecule has 0 aliphatic rings. The van der Waals surface area contributed by atoms with Gasteiger partial charge in [-0.1, -0.05) is 59.1 Å². The van der Waals surface area contributed by atoms with Gasteiger partial charge in [0.2, 0.25) is 0 Å². The topological polar surface area (TPSA) is 20.2 Å². The Hall–Kier alpha value is -0.300. The highest BCUT2D eigenvalue weighted by atomic mass is 16.3. The van der Waals surface area contributed by atoms with Crippen molar-refractivity contribution in [1.82, 2.24) is 0 Å². The summed E-state index contributed by atoms with van der Waals surface area (Å²) in [6, 6.07) is 0. The predicted molar refractivity (Wildman–Crippen MR) is 90.8 cm³/mol. The molecule has 0 bridgehead atoms. The maximum atomic E-state index is 10.3. The van der Waals surface area contributed by atoms with Gasteiger partial charge in [0, 0.05) is 5.92 Å². The number of aliphatic hydroxyl groups excluding tert-OH is 1. The van der Waals surface area contributed by atoms with E-state index in [1.807, 2.05) is 6.92 Å². The van der Waals surface area contributed by atoms with Crippen LogP contribution in [0.4, 0.5) is 0 Å². The molecule has 0 spiro atoms. The summed E-state index contributed by atoms with van der Waals surface area (Å²) in [6.45, 7) is 20.2. The van der Waals surface area contributed by atoms with Crippen molar-refractivity contribution in [2.75, 3.05) is 0 Å². The molecule has 120 valence electrons. The van der Waals surface area contributed by atoms with E-state index in [1.165, 1.54) is 24.0 Å². The van der Waals surface area contributed by atoms with E-state index in [1.54, 1.807) is 0 Å². The summed E-state index contributed by atoms with van der Waals surface area (Å²) in [5, 5.41) is 10.3. The molecule has 1 N–H and O–H groups in total. The summed E-state index contributed by atoms with van der Waals surface area (Å²) in [7, 11) is 0. The molecule has 1 heteroatoms. The maximum absolute atomic E-state index is 10.3. The molecule has 1 nitrogen and oxygen atoms in total. The van der Waals surface area contributed by atoms with Gasteiger partial charge in [0.25, 0.3) is 0 Å². The number of hydrogen-bond acceptors (Lipinski definition) is 1. The molecule has 0 aliphatic carbocycles. The van der Waals surface area contributed by atoms with E-state index >= 15 is 0 Å². The van der Waals surface area contributed by atoms with Crippen molar-refractivity contribution >= 4 is 0 Å². The molecule has 6 atom stereocenters. The van der Waals surface area contributed by atoms with Gasteiger partial charge in [0.1, 0.15) is 0 Å². The van der Waals surface area contributed by atoms with Gasteiger partial charge in [-0.2, -0.15) is 0 Å². The summed E-state index contributed by atoms with van der Waals surface area (Å²) in [5.41, 5.74) is 2.89. The molecule has 0 aromatic carbocycles. The fraction of sp³-hybridized carbons (Fsp3) is 0.895. The number of hydrogen-bond donors (Lipinski definition) is 1. The highest BCUT2D eigenvalue weighted by Crippen LogP contribution is 2.37. The molecule has 0 aromatic heterocycles. The lowest BCUT2D eigenvalue weighted by Crippen LogP contribution is -2.32. The standard InChI is InChI=1S/C19H38O/c1-10-12(3)14(5)16(7)19(18(9)20)17(8)15(6)13(4)11-2/h12-14,16,18-20H,10-11H2,1-9H3. The van der Waals surface area contributed by atoms with Crippen molar-refractivity contribution in [1.29, 1.82) is 0 Å². The number of allylic oxidation sites excluding steroid dienone is 1. The fourth-order valence-corrected chi connectivity index (χ4v) is 3.37. The normalized spacial score (nSPS) is 22.5. The largest absolute Gasteiger partial charge is 0.393 e. The summed E-state index contributed by atoms with van der Waals surface area (Å²) in [4.78, 5) is 0. The van der Waals surface area contributed by atoms with Crippen LogP contribution in [0.2, 0.25) is 0 Å². The van der Waals surface area contributed by atoms with Crippen molar-refractivity contribution in [2.45, 2.75) is 81.3 Å². The molecule has 0 amide bonds. The van der Waals surface area contributed by atoms with Crippen LogP contribution >= 0.6 is 0 Å². The lowest BCUT2D eigenvalue weighted by Gasteiger charge is -2.36. The Bertz CT molecular complexity index is 303. The van der Waals surface area contributed by atoms with Gasteiger partial charge >= 0.3 is 0 Å². The van der Waals surface area contributed by atoms with Gasteiger partial charge in [-0.25, -0.2) is 0 Å². The first kappa shape index (κ1) is 19.7. The van der Waals surface area contributed by atoms with Crippen LogP contribution < -0.4 is 0 Å². The van der Waals surface area contributed by atoms with Crippen molar-refractivity contribution in [3.05, 3.63) is 11.1 Å². The highest BCUT2D eigenvalue weighted by Gasteiger charge is 2.31. The second kappa shape index (κ2) is 8.87. The van der Waals surface area contributed by atoms with Crippen LogP contribution in [0.15, 0.2) is 11.1 Å². The predicted octanol–water partition coefficient (Wildman–Crippen LogP) is 5.68. The quantitative estimate of drug-likeness (QED) is 0.567. The molecule has 0 heterocycles. The van der Waals surface area contributed by atoms with E-state index in [0.717, 1.165) is 0 Å². The molecular weight excluding hydrogens is 244 g/mol. The van der Waals surface area contributed by atoms with Gasteiger partial charge in [-0.05, 0) is 50.9 Å². The third-order valence-corrected chi connectivity index (χ3v) is 5.93. The minimum Gasteiger partial charge on any atom is -0.393 e. The average Bonchev–Trinajstić information content (AvgIpc) is 2.43. The molecule has 0 saturated carbocycles. The Morgan fingerprint density at radius 2 is 1.30 bits per heavy atom. The Morgan fingerprint density at radius 3 is 1.65 bits per heavy atom. The van der Waals surface area contributed by atoms with E-state index in [0.29, 0.717) is 23.7 Å². The van der Waals surface area contributed by atoms with Gasteiger partial charge in [-0.3, -0.25) is 0 Å². The van der Waals surface area contributed by atoms with E-state index in [2.05, 4.69) is 55.4 Å². The molecule has 6 unspecified atom stereocenters. The van der Waals surface area contributed by atoms with E-state index in [4.69, 9.17) is 0 Å². The first-order valence-electron chi connectivity index (χ1n) is 8.54. The smallest absolute Gasteiger partial charge is 0.0580 e. The summed E-state index contributed by atoms with van der Waals surface area (Å²) >= 11 is 0. The summed E-state index contributed by atoms with van der Waals surface area (Å²) in [6.07, 6.45) is 2.12. The van der Waals surface area contributed by atoms with E-state index in [9.17, 15) is 5.11 Å². The van der Waals surface area contributed by atoms with Gasteiger partial charge in [0.05, 0.1) is 6.10 Å². The van der Waals surface area contributed by atoms with E-state index < -0.39 is 0 Å². The van der Waals surface area contributed by atoms with Crippen LogP contribution in [0.5, 0.6) is 0 Å². The third kappa shape index (κ3) is 4.91. The summed E-state index contributed by atoms with van der Waals surface area (Å²) in [5.74, 6) is 2.77. The van der Waals surface area contributed by atoms with Crippen LogP contribution in [0.3, 0.4) is 0 Å². The second-order valence-corrected chi connectivity index (χ2v) is 7.05. The van der Waals surface area contributed by atoms with Crippen LogP contribution in [-0.2, 0) is 0 Å². The first-order chi connectivity index (χ1) is 9.18. The van der Waals surface area contributed by atoms with Crippen molar-refractivity contribution in [2.24, 2.45) is 29.6 Å². The zero-order valence-electron chi connectivity index (χ0n) is 15.3. The zero-order chi connectivity index (χ0) is 16.0. The molecular formula is C19H38O. The van der Waals surface area contributed by atoms with Crippen molar-refractivity contribution < 1.29 is 5.11 Å². The maximum Gasteiger partial charge on any atom is 0.0580 e. The third-order valence-electron chi connectivity index (χ3n) is 5.93. The fourth-order valence-electron chi connectivity index (χ4n) is 3.37. The average molecular weight is 283 g/mol. The first-order valence-corrected chi connectivity index (χ1v) is 8.54. The lowest BCUT2D eigenvalue weighted by molar-refractivity contribution is 0.0811. The molecule has 0 saturated heterocycles. The lowest BCUT2D eigenvalue weighted by atomic mass is 9.71. The minimum absolute atomic E-state index is 0.268. The Morgan fingerprint density at radius 1 is 0.800 bits per heavy atom. The van der Waals surface area contributed by atoms with Crippen LogP contribution in [0.1, 0.15) is 75.2 Å². The van der Waals surface area contributed by atoms with Gasteiger partial charge < -0.3 is 5.11 Å². The second-order valence-electron chi connectivity index (χ2n) is 7.05. The molecule has 0 aliphatic heterocycles. The molecule has 20 heavy (non-hydrogen) atoms. The molecule has 0 aromatic rings. The molecule has 0 rings (SSSR count). The van der Waals surface area contributed by atoms with E-state index in [-0.39, 0.29) is 12.0 Å². The minimum atomic E-state index is -0.268. The van der Waals surface area contributed by atoms with Gasteiger partial charge in [0.15, 0.2) is 0 Å². The van der Waals surface area contributed by atoms with Crippen LogP contribution in [0.25, 0.3) is 0 Å².